The van der Waals surface area contributed by atoms with Crippen LogP contribution in [0.15, 0.2) is 0 Å². The lowest BCUT2D eigenvalue weighted by molar-refractivity contribution is -0.133. The van der Waals surface area contributed by atoms with Gasteiger partial charge in [-0.3, -0.25) is 9.59 Å². The maximum Gasteiger partial charge on any atom is 0.313 e. The lowest BCUT2D eigenvalue weighted by Crippen LogP contribution is -2.33. The summed E-state index contributed by atoms with van der Waals surface area (Å²) >= 11 is 1.07. The molecule has 0 bridgehead atoms. The first-order valence-corrected chi connectivity index (χ1v) is 5.71. The molecule has 0 spiro atoms. The highest BCUT2D eigenvalue weighted by Gasteiger charge is 2.11. The van der Waals surface area contributed by atoms with Gasteiger partial charge in [-0.25, -0.2) is 0 Å². The maximum atomic E-state index is 11.5. The Bertz CT molecular complexity index is 263. The first kappa shape index (κ1) is 13.8. The average Bonchev–Trinajstić information content (AvgIpc) is 2.18. The number of nitrogens with zero attached hydrogens (tertiary/aromatic N) is 2. The zero-order chi connectivity index (χ0) is 11.7. The second kappa shape index (κ2) is 8.12. The number of hydrogen-bond acceptors (Lipinski definition) is 4. The van der Waals surface area contributed by atoms with Gasteiger partial charge < -0.3 is 10.0 Å². The van der Waals surface area contributed by atoms with Crippen LogP contribution in [0.1, 0.15) is 13.3 Å². The fraction of sp³-hybridized carbons (Fsp3) is 0.667. The van der Waals surface area contributed by atoms with Gasteiger partial charge in [0.1, 0.15) is 0 Å². The third kappa shape index (κ3) is 6.80. The highest BCUT2D eigenvalue weighted by atomic mass is 32.2. The van der Waals surface area contributed by atoms with Crippen LogP contribution in [0.25, 0.3) is 0 Å². The van der Waals surface area contributed by atoms with Crippen molar-refractivity contribution in [3.63, 3.8) is 0 Å². The minimum atomic E-state index is -0.923. The van der Waals surface area contributed by atoms with Crippen molar-refractivity contribution in [2.45, 2.75) is 13.3 Å². The van der Waals surface area contributed by atoms with E-state index in [1.807, 2.05) is 13.0 Å². The lowest BCUT2D eigenvalue weighted by Gasteiger charge is -2.18. The zero-order valence-corrected chi connectivity index (χ0v) is 9.42. The number of aliphatic carboxylic acids is 1. The van der Waals surface area contributed by atoms with E-state index in [1.54, 1.807) is 4.90 Å². The van der Waals surface area contributed by atoms with Gasteiger partial charge in [-0.1, -0.05) is 0 Å². The Morgan fingerprint density at radius 2 is 2.13 bits per heavy atom. The van der Waals surface area contributed by atoms with Gasteiger partial charge >= 0.3 is 5.97 Å². The summed E-state index contributed by atoms with van der Waals surface area (Å²) in [4.78, 5) is 23.2. The van der Waals surface area contributed by atoms with Crippen molar-refractivity contribution in [3.8, 4) is 6.07 Å². The second-order valence-electron chi connectivity index (χ2n) is 2.77. The number of hydrogen-bond donors (Lipinski definition) is 1. The van der Waals surface area contributed by atoms with Gasteiger partial charge in [0.15, 0.2) is 0 Å². The molecular weight excluding hydrogens is 216 g/mol. The monoisotopic (exact) mass is 230 g/mol. The number of carboxylic acids is 1. The van der Waals surface area contributed by atoms with Gasteiger partial charge in [-0.05, 0) is 6.92 Å². The number of carboxylic acid groups (broad SMARTS) is 1. The van der Waals surface area contributed by atoms with E-state index in [2.05, 4.69) is 0 Å². The summed E-state index contributed by atoms with van der Waals surface area (Å²) in [7, 11) is 0. The number of thioether (sulfide) groups is 1. The summed E-state index contributed by atoms with van der Waals surface area (Å²) < 4.78 is 0. The summed E-state index contributed by atoms with van der Waals surface area (Å²) in [6.45, 7) is 2.80. The zero-order valence-electron chi connectivity index (χ0n) is 8.60. The van der Waals surface area contributed by atoms with Crippen molar-refractivity contribution in [2.75, 3.05) is 24.6 Å². The van der Waals surface area contributed by atoms with E-state index in [4.69, 9.17) is 10.4 Å². The van der Waals surface area contributed by atoms with Crippen LogP contribution in [0.5, 0.6) is 0 Å². The fourth-order valence-electron chi connectivity index (χ4n) is 0.961. The molecule has 0 fully saturated rings. The van der Waals surface area contributed by atoms with Crippen LogP contribution in [0.3, 0.4) is 0 Å². The molecule has 1 N–H and O–H groups in total. The molecule has 0 atom stereocenters. The summed E-state index contributed by atoms with van der Waals surface area (Å²) in [6.07, 6.45) is 0.309. The quantitative estimate of drug-likeness (QED) is 0.691. The highest BCUT2D eigenvalue weighted by molar-refractivity contribution is 8.00. The Labute approximate surface area is 93.1 Å². The molecule has 0 aromatic rings. The molecule has 0 aliphatic carbocycles. The molecule has 0 aromatic carbocycles. The number of rotatable bonds is 7. The van der Waals surface area contributed by atoms with E-state index in [-0.39, 0.29) is 17.4 Å². The van der Waals surface area contributed by atoms with E-state index in [0.717, 1.165) is 11.8 Å². The van der Waals surface area contributed by atoms with E-state index < -0.39 is 5.97 Å². The molecule has 5 nitrogen and oxygen atoms in total. The van der Waals surface area contributed by atoms with Crippen molar-refractivity contribution in [1.29, 1.82) is 5.26 Å². The van der Waals surface area contributed by atoms with E-state index in [0.29, 0.717) is 19.5 Å². The van der Waals surface area contributed by atoms with Crippen LogP contribution >= 0.6 is 11.8 Å². The number of carbonyl (C=O) groups is 2. The van der Waals surface area contributed by atoms with Crippen LogP contribution in [0, 0.1) is 11.3 Å². The van der Waals surface area contributed by atoms with Gasteiger partial charge in [-0.2, -0.15) is 5.26 Å². The molecule has 15 heavy (non-hydrogen) atoms. The minimum absolute atomic E-state index is 0.0679. The molecule has 84 valence electrons. The Morgan fingerprint density at radius 1 is 1.47 bits per heavy atom. The van der Waals surface area contributed by atoms with Crippen molar-refractivity contribution in [1.82, 2.24) is 4.90 Å². The number of nitriles is 1. The Morgan fingerprint density at radius 3 is 2.60 bits per heavy atom. The average molecular weight is 230 g/mol. The molecule has 0 saturated heterocycles. The van der Waals surface area contributed by atoms with Crippen LogP contribution in [-0.4, -0.2) is 46.5 Å². The summed E-state index contributed by atoms with van der Waals surface area (Å²) in [6, 6.07) is 1.97. The molecule has 0 aliphatic heterocycles. The highest BCUT2D eigenvalue weighted by Crippen LogP contribution is 2.03. The lowest BCUT2D eigenvalue weighted by atomic mass is 10.4. The van der Waals surface area contributed by atoms with Gasteiger partial charge in [0.2, 0.25) is 5.91 Å². The van der Waals surface area contributed by atoms with E-state index >= 15 is 0 Å². The summed E-state index contributed by atoms with van der Waals surface area (Å²) in [5.74, 6) is -0.945. The van der Waals surface area contributed by atoms with Gasteiger partial charge in [0.25, 0.3) is 0 Å². The van der Waals surface area contributed by atoms with Gasteiger partial charge in [0, 0.05) is 13.1 Å². The Balaban J connectivity index is 3.84. The standard InChI is InChI=1S/C9H14N2O3S/c1-2-11(5-3-4-10)8(12)6-15-7-9(13)14/h2-3,5-7H2,1H3,(H,13,14). The van der Waals surface area contributed by atoms with Gasteiger partial charge in [0.05, 0.1) is 24.0 Å². The first-order valence-electron chi connectivity index (χ1n) is 4.56. The molecular formula is C9H14N2O3S. The molecule has 0 rings (SSSR count). The normalized spacial score (nSPS) is 9.33. The molecule has 0 unspecified atom stereocenters. The predicted molar refractivity (Wildman–Crippen MR) is 57.4 cm³/mol. The fourth-order valence-corrected chi connectivity index (χ4v) is 1.59. The van der Waals surface area contributed by atoms with Crippen molar-refractivity contribution in [2.24, 2.45) is 0 Å². The molecule has 0 aromatic heterocycles. The number of carbonyl (C=O) groups excluding carboxylic acids is 1. The summed E-state index contributed by atoms with van der Waals surface area (Å²) in [5.41, 5.74) is 0. The molecule has 0 heterocycles. The predicted octanol–water partition coefficient (Wildman–Crippen LogP) is 0.566. The van der Waals surface area contributed by atoms with Crippen molar-refractivity contribution < 1.29 is 14.7 Å². The molecule has 1 amide bonds. The summed E-state index contributed by atoms with van der Waals surface area (Å²) in [5, 5.41) is 16.7. The molecule has 0 saturated carbocycles. The first-order chi connectivity index (χ1) is 7.11. The smallest absolute Gasteiger partial charge is 0.313 e. The van der Waals surface area contributed by atoms with Gasteiger partial charge in [-0.15, -0.1) is 11.8 Å². The third-order valence-corrected chi connectivity index (χ3v) is 2.58. The van der Waals surface area contributed by atoms with Crippen LogP contribution in [-0.2, 0) is 9.59 Å². The molecule has 0 radical (unpaired) electrons. The SMILES string of the molecule is CCN(CCC#N)C(=O)CSCC(=O)O. The Hall–Kier alpha value is -1.22. The van der Waals surface area contributed by atoms with Crippen LogP contribution < -0.4 is 0 Å². The van der Waals surface area contributed by atoms with E-state index in [1.165, 1.54) is 0 Å². The third-order valence-electron chi connectivity index (χ3n) is 1.68. The van der Waals surface area contributed by atoms with Crippen LogP contribution in [0.4, 0.5) is 0 Å². The van der Waals surface area contributed by atoms with E-state index in [9.17, 15) is 9.59 Å². The van der Waals surface area contributed by atoms with Crippen molar-refractivity contribution in [3.05, 3.63) is 0 Å². The number of amides is 1. The van der Waals surface area contributed by atoms with Crippen molar-refractivity contribution >= 4 is 23.6 Å². The largest absolute Gasteiger partial charge is 0.481 e. The molecule has 0 aliphatic rings. The maximum absolute atomic E-state index is 11.5. The minimum Gasteiger partial charge on any atom is -0.481 e. The second-order valence-corrected chi connectivity index (χ2v) is 3.75. The van der Waals surface area contributed by atoms with Crippen LogP contribution in [0.2, 0.25) is 0 Å². The molecule has 6 heteroatoms. The topological polar surface area (TPSA) is 81.4 Å². The Kier molecular flexibility index (Phi) is 7.46.